The Morgan fingerprint density at radius 2 is 1.90 bits per heavy atom. The van der Waals surface area contributed by atoms with Gasteiger partial charge < -0.3 is 4.18 Å². The summed E-state index contributed by atoms with van der Waals surface area (Å²) in [5, 5.41) is 8.63. The summed E-state index contributed by atoms with van der Waals surface area (Å²) in [6, 6.07) is 10.5. The summed E-state index contributed by atoms with van der Waals surface area (Å²) < 4.78 is 42.1. The molecule has 20 heavy (non-hydrogen) atoms. The van der Waals surface area contributed by atoms with Crippen molar-refractivity contribution in [1.82, 2.24) is 0 Å². The normalized spacial score (nSPS) is 10.8. The summed E-state index contributed by atoms with van der Waals surface area (Å²) in [4.78, 5) is -0.583. The fraction of sp³-hybridized carbons (Fsp3) is 0. The van der Waals surface area contributed by atoms with Gasteiger partial charge in [-0.25, -0.2) is 4.39 Å². The van der Waals surface area contributed by atoms with E-state index < -0.39 is 20.8 Å². The number of nitriles is 1. The van der Waals surface area contributed by atoms with Crippen LogP contribution in [0.25, 0.3) is 0 Å². The van der Waals surface area contributed by atoms with Crippen LogP contribution in [0.4, 0.5) is 4.39 Å². The maximum Gasteiger partial charge on any atom is 0.342 e. The quantitative estimate of drug-likeness (QED) is 0.817. The van der Waals surface area contributed by atoms with Gasteiger partial charge in [0.05, 0.1) is 16.7 Å². The van der Waals surface area contributed by atoms with Gasteiger partial charge in [0, 0.05) is 0 Å². The predicted molar refractivity (Wildman–Crippen MR) is 70.4 cm³/mol. The van der Waals surface area contributed by atoms with E-state index in [-0.39, 0.29) is 16.3 Å². The van der Waals surface area contributed by atoms with Crippen LogP contribution in [0.1, 0.15) is 5.56 Å². The second kappa shape index (κ2) is 5.49. The van der Waals surface area contributed by atoms with Crippen molar-refractivity contribution in [2.24, 2.45) is 0 Å². The molecule has 0 amide bonds. The molecule has 2 rings (SSSR count). The number of rotatable bonds is 3. The molecule has 0 N–H and O–H groups in total. The molecule has 0 heterocycles. The van der Waals surface area contributed by atoms with E-state index in [0.29, 0.717) is 0 Å². The molecule has 0 aromatic heterocycles. The SMILES string of the molecule is N#Cc1ccc(OS(=O)(=O)c2ccccc2F)c(Cl)c1. The third-order valence-electron chi connectivity index (χ3n) is 2.37. The highest BCUT2D eigenvalue weighted by Gasteiger charge is 2.22. The summed E-state index contributed by atoms with van der Waals surface area (Å²) in [6.45, 7) is 0. The first-order chi connectivity index (χ1) is 9.44. The second-order valence-electron chi connectivity index (χ2n) is 3.72. The van der Waals surface area contributed by atoms with E-state index in [1.54, 1.807) is 0 Å². The molecule has 0 saturated carbocycles. The van der Waals surface area contributed by atoms with E-state index in [2.05, 4.69) is 0 Å². The third kappa shape index (κ3) is 2.90. The molecule has 0 aliphatic carbocycles. The number of nitrogens with zero attached hydrogens (tertiary/aromatic N) is 1. The molecule has 0 unspecified atom stereocenters. The fourth-order valence-electron chi connectivity index (χ4n) is 1.45. The van der Waals surface area contributed by atoms with E-state index >= 15 is 0 Å². The highest BCUT2D eigenvalue weighted by atomic mass is 35.5. The van der Waals surface area contributed by atoms with Gasteiger partial charge in [0.2, 0.25) is 0 Å². The monoisotopic (exact) mass is 311 g/mol. The van der Waals surface area contributed by atoms with E-state index in [1.807, 2.05) is 6.07 Å². The van der Waals surface area contributed by atoms with Crippen molar-refractivity contribution in [3.8, 4) is 11.8 Å². The first-order valence-corrected chi connectivity index (χ1v) is 7.11. The summed E-state index contributed by atoms with van der Waals surface area (Å²) >= 11 is 5.81. The fourth-order valence-corrected chi connectivity index (χ4v) is 2.74. The highest BCUT2D eigenvalue weighted by Crippen LogP contribution is 2.28. The molecule has 0 aliphatic rings. The molecule has 0 atom stereocenters. The van der Waals surface area contributed by atoms with E-state index in [1.165, 1.54) is 30.3 Å². The molecule has 0 aliphatic heterocycles. The number of benzene rings is 2. The lowest BCUT2D eigenvalue weighted by Gasteiger charge is -2.09. The van der Waals surface area contributed by atoms with Gasteiger partial charge in [-0.05, 0) is 30.3 Å². The van der Waals surface area contributed by atoms with Crippen molar-refractivity contribution in [2.75, 3.05) is 0 Å². The van der Waals surface area contributed by atoms with Gasteiger partial charge >= 0.3 is 10.1 Å². The minimum atomic E-state index is -4.33. The molecule has 4 nitrogen and oxygen atoms in total. The lowest BCUT2D eigenvalue weighted by atomic mass is 10.2. The van der Waals surface area contributed by atoms with Crippen LogP contribution < -0.4 is 4.18 Å². The number of hydrogen-bond donors (Lipinski definition) is 0. The van der Waals surface area contributed by atoms with Crippen molar-refractivity contribution in [3.63, 3.8) is 0 Å². The zero-order chi connectivity index (χ0) is 14.8. The third-order valence-corrected chi connectivity index (χ3v) is 3.93. The maximum absolute atomic E-state index is 13.5. The van der Waals surface area contributed by atoms with E-state index in [9.17, 15) is 12.8 Å². The first kappa shape index (κ1) is 14.3. The average molecular weight is 312 g/mol. The van der Waals surface area contributed by atoms with Crippen molar-refractivity contribution < 1.29 is 17.0 Å². The van der Waals surface area contributed by atoms with Crippen molar-refractivity contribution in [2.45, 2.75) is 4.90 Å². The van der Waals surface area contributed by atoms with Crippen LogP contribution in [-0.2, 0) is 10.1 Å². The Morgan fingerprint density at radius 3 is 2.50 bits per heavy atom. The molecular weight excluding hydrogens is 305 g/mol. The highest BCUT2D eigenvalue weighted by molar-refractivity contribution is 7.87. The Bertz CT molecular complexity index is 800. The first-order valence-electron chi connectivity index (χ1n) is 5.33. The van der Waals surface area contributed by atoms with Crippen LogP contribution in [0.2, 0.25) is 5.02 Å². The van der Waals surface area contributed by atoms with Gasteiger partial charge in [-0.3, -0.25) is 0 Å². The van der Waals surface area contributed by atoms with Crippen LogP contribution in [-0.4, -0.2) is 8.42 Å². The van der Waals surface area contributed by atoms with Gasteiger partial charge in [-0.15, -0.1) is 0 Å². The minimum Gasteiger partial charge on any atom is -0.377 e. The van der Waals surface area contributed by atoms with Crippen LogP contribution in [0, 0.1) is 17.1 Å². The molecule has 0 fully saturated rings. The summed E-state index contributed by atoms with van der Waals surface area (Å²) in [5.74, 6) is -1.09. The smallest absolute Gasteiger partial charge is 0.342 e. The zero-order valence-corrected chi connectivity index (χ0v) is 11.5. The lowest BCUT2D eigenvalue weighted by Crippen LogP contribution is -2.11. The molecule has 102 valence electrons. The Hall–Kier alpha value is -2.10. The van der Waals surface area contributed by atoms with Crippen molar-refractivity contribution in [1.29, 1.82) is 5.26 Å². The van der Waals surface area contributed by atoms with Crippen LogP contribution in [0.3, 0.4) is 0 Å². The van der Waals surface area contributed by atoms with Crippen LogP contribution >= 0.6 is 11.6 Å². The lowest BCUT2D eigenvalue weighted by molar-refractivity contribution is 0.476. The second-order valence-corrected chi connectivity index (χ2v) is 5.65. The Balaban J connectivity index is 2.40. The summed E-state index contributed by atoms with van der Waals surface area (Å²) in [7, 11) is -4.33. The molecular formula is C13H7ClFNO3S. The molecule has 0 bridgehead atoms. The van der Waals surface area contributed by atoms with Crippen LogP contribution in [0.15, 0.2) is 47.4 Å². The molecule has 0 spiro atoms. The minimum absolute atomic E-state index is 0.0519. The Kier molecular flexibility index (Phi) is 3.93. The van der Waals surface area contributed by atoms with E-state index in [0.717, 1.165) is 12.1 Å². The predicted octanol–water partition coefficient (Wildman–Crippen LogP) is 3.12. The maximum atomic E-state index is 13.5. The largest absolute Gasteiger partial charge is 0.377 e. The number of halogens is 2. The molecule has 0 saturated heterocycles. The topological polar surface area (TPSA) is 67.2 Å². The van der Waals surface area contributed by atoms with Gasteiger partial charge in [0.15, 0.2) is 5.75 Å². The Morgan fingerprint density at radius 1 is 1.20 bits per heavy atom. The Labute approximate surface area is 120 Å². The molecule has 2 aromatic rings. The molecule has 0 radical (unpaired) electrons. The summed E-state index contributed by atoms with van der Waals surface area (Å²) in [6.07, 6.45) is 0. The summed E-state index contributed by atoms with van der Waals surface area (Å²) in [5.41, 5.74) is 0.255. The zero-order valence-electron chi connectivity index (χ0n) is 9.88. The number of hydrogen-bond acceptors (Lipinski definition) is 4. The molecule has 2 aromatic carbocycles. The van der Waals surface area contributed by atoms with Gasteiger partial charge in [0.25, 0.3) is 0 Å². The standard InChI is InChI=1S/C13H7ClFNO3S/c14-10-7-9(8-16)5-6-12(10)19-20(17,18)13-4-2-1-3-11(13)15/h1-7H. The van der Waals surface area contributed by atoms with Crippen molar-refractivity contribution in [3.05, 3.63) is 58.9 Å². The molecule has 7 heteroatoms. The van der Waals surface area contributed by atoms with Gasteiger partial charge in [0.1, 0.15) is 10.7 Å². The van der Waals surface area contributed by atoms with Gasteiger partial charge in [-0.2, -0.15) is 13.7 Å². The van der Waals surface area contributed by atoms with Crippen molar-refractivity contribution >= 4 is 21.7 Å². The van der Waals surface area contributed by atoms with Crippen LogP contribution in [0.5, 0.6) is 5.75 Å². The van der Waals surface area contributed by atoms with E-state index in [4.69, 9.17) is 21.0 Å². The average Bonchev–Trinajstić information content (AvgIpc) is 2.41. The van der Waals surface area contributed by atoms with Gasteiger partial charge in [-0.1, -0.05) is 23.7 Å².